The summed E-state index contributed by atoms with van der Waals surface area (Å²) in [5, 5.41) is 2.85. The molecule has 1 N–H and O–H groups in total. The van der Waals surface area contributed by atoms with Gasteiger partial charge < -0.3 is 14.8 Å². The van der Waals surface area contributed by atoms with Crippen molar-refractivity contribution < 1.29 is 19.1 Å². The number of nitrogens with one attached hydrogen (secondary N) is 1. The van der Waals surface area contributed by atoms with Crippen molar-refractivity contribution in [3.8, 4) is 17.3 Å². The average molecular weight is 406 g/mol. The van der Waals surface area contributed by atoms with Gasteiger partial charge in [0.1, 0.15) is 24.9 Å². The molecule has 1 aliphatic heterocycles. The van der Waals surface area contributed by atoms with Crippen molar-refractivity contribution in [3.63, 3.8) is 0 Å². The van der Waals surface area contributed by atoms with Crippen LogP contribution in [0.3, 0.4) is 0 Å². The Morgan fingerprint density at radius 2 is 1.87 bits per heavy atom. The molecule has 0 fully saturated rings. The van der Waals surface area contributed by atoms with Crippen molar-refractivity contribution in [2.75, 3.05) is 13.2 Å². The number of ketones is 1. The molecule has 2 aromatic heterocycles. The molecular weight excluding hydrogens is 384 g/mol. The Bertz CT molecular complexity index is 1080. The first-order valence-electron chi connectivity index (χ1n) is 9.75. The zero-order valence-electron chi connectivity index (χ0n) is 16.6. The largest absolute Gasteiger partial charge is 0.486 e. The van der Waals surface area contributed by atoms with Crippen molar-refractivity contribution in [3.05, 3.63) is 65.9 Å². The zero-order valence-corrected chi connectivity index (χ0v) is 16.6. The fraction of sp³-hybridized carbons (Fsp3) is 0.273. The maximum absolute atomic E-state index is 12.4. The number of aromatic nitrogens is 3. The van der Waals surface area contributed by atoms with Crippen LogP contribution in [0, 0.1) is 6.92 Å². The van der Waals surface area contributed by atoms with E-state index in [9.17, 15) is 9.59 Å². The molecule has 1 aromatic carbocycles. The SMILES string of the molecule is Cc1nccn1-c1cc(CNC(=O)CCC(=O)c2ccc3c(c2)OCCO3)ccn1. The van der Waals surface area contributed by atoms with E-state index < -0.39 is 0 Å². The van der Waals surface area contributed by atoms with Crippen LogP contribution in [-0.4, -0.2) is 39.4 Å². The molecule has 8 nitrogen and oxygen atoms in total. The van der Waals surface area contributed by atoms with Gasteiger partial charge in [-0.15, -0.1) is 0 Å². The summed E-state index contributed by atoms with van der Waals surface area (Å²) in [5.41, 5.74) is 1.43. The highest BCUT2D eigenvalue weighted by Crippen LogP contribution is 2.31. The summed E-state index contributed by atoms with van der Waals surface area (Å²) in [6, 6.07) is 8.84. The second-order valence-corrected chi connectivity index (χ2v) is 6.93. The van der Waals surface area contributed by atoms with Gasteiger partial charge in [0, 0.05) is 43.5 Å². The Balaban J connectivity index is 1.29. The number of amides is 1. The molecule has 0 bridgehead atoms. The van der Waals surface area contributed by atoms with E-state index in [-0.39, 0.29) is 24.5 Å². The number of ether oxygens (including phenoxy) is 2. The van der Waals surface area contributed by atoms with E-state index in [0.717, 1.165) is 17.2 Å². The molecule has 8 heteroatoms. The molecule has 0 radical (unpaired) electrons. The monoisotopic (exact) mass is 406 g/mol. The molecule has 3 heterocycles. The van der Waals surface area contributed by atoms with E-state index in [1.54, 1.807) is 30.6 Å². The predicted octanol–water partition coefficient (Wildman–Crippen LogP) is 2.63. The molecule has 0 aliphatic carbocycles. The Kier molecular flexibility index (Phi) is 5.74. The number of aryl methyl sites for hydroxylation is 1. The van der Waals surface area contributed by atoms with E-state index in [0.29, 0.717) is 36.8 Å². The van der Waals surface area contributed by atoms with Gasteiger partial charge >= 0.3 is 0 Å². The van der Waals surface area contributed by atoms with Crippen LogP contribution >= 0.6 is 0 Å². The summed E-state index contributed by atoms with van der Waals surface area (Å²) in [6.07, 6.45) is 5.49. The lowest BCUT2D eigenvalue weighted by Crippen LogP contribution is -2.23. The highest BCUT2D eigenvalue weighted by atomic mass is 16.6. The number of benzene rings is 1. The maximum Gasteiger partial charge on any atom is 0.220 e. The van der Waals surface area contributed by atoms with Crippen molar-refractivity contribution in [2.45, 2.75) is 26.3 Å². The number of hydrogen-bond donors (Lipinski definition) is 1. The number of imidazole rings is 1. The van der Waals surface area contributed by atoms with Crippen LogP contribution in [0.4, 0.5) is 0 Å². The third-order valence-corrected chi connectivity index (χ3v) is 4.82. The number of carbonyl (C=O) groups excluding carboxylic acids is 2. The molecule has 30 heavy (non-hydrogen) atoms. The first-order chi connectivity index (χ1) is 14.6. The average Bonchev–Trinajstić information content (AvgIpc) is 3.21. The zero-order chi connectivity index (χ0) is 20.9. The Labute approximate surface area is 173 Å². The van der Waals surface area contributed by atoms with E-state index in [1.165, 1.54) is 0 Å². The quantitative estimate of drug-likeness (QED) is 0.606. The summed E-state index contributed by atoms with van der Waals surface area (Å²) >= 11 is 0. The number of rotatable bonds is 7. The molecule has 1 aliphatic rings. The van der Waals surface area contributed by atoms with Gasteiger partial charge in [-0.05, 0) is 42.8 Å². The van der Waals surface area contributed by atoms with Crippen LogP contribution in [0.1, 0.15) is 34.6 Å². The summed E-state index contributed by atoms with van der Waals surface area (Å²) in [7, 11) is 0. The maximum atomic E-state index is 12.4. The number of hydrogen-bond acceptors (Lipinski definition) is 6. The van der Waals surface area contributed by atoms with Crippen molar-refractivity contribution in [1.82, 2.24) is 19.9 Å². The van der Waals surface area contributed by atoms with Gasteiger partial charge in [-0.3, -0.25) is 14.2 Å². The molecular formula is C22H22N4O4. The first kappa shape index (κ1) is 19.6. The Morgan fingerprint density at radius 3 is 2.67 bits per heavy atom. The molecule has 0 saturated heterocycles. The Hall–Kier alpha value is -3.68. The highest BCUT2D eigenvalue weighted by molar-refractivity contribution is 5.98. The number of carbonyl (C=O) groups is 2. The van der Waals surface area contributed by atoms with Crippen molar-refractivity contribution >= 4 is 11.7 Å². The molecule has 0 atom stereocenters. The van der Waals surface area contributed by atoms with Crippen LogP contribution in [0.2, 0.25) is 0 Å². The third-order valence-electron chi connectivity index (χ3n) is 4.82. The molecule has 4 rings (SSSR count). The standard InChI is InChI=1S/C22H22N4O4/c1-15-23-8-9-26(15)21-12-16(6-7-24-21)14-25-22(28)5-3-18(27)17-2-4-19-20(13-17)30-11-10-29-19/h2,4,6-9,12-13H,3,5,10-11,14H2,1H3,(H,25,28). The minimum Gasteiger partial charge on any atom is -0.486 e. The van der Waals surface area contributed by atoms with E-state index in [1.807, 2.05) is 29.8 Å². The fourth-order valence-corrected chi connectivity index (χ4v) is 3.20. The van der Waals surface area contributed by atoms with Crippen LogP contribution in [0.25, 0.3) is 5.82 Å². The smallest absolute Gasteiger partial charge is 0.220 e. The number of fused-ring (bicyclic) bond motifs is 1. The third kappa shape index (κ3) is 4.48. The number of Topliss-reactive ketones (excluding diaryl/α,β-unsaturated/α-hetero) is 1. The molecule has 1 amide bonds. The molecule has 154 valence electrons. The summed E-state index contributed by atoms with van der Waals surface area (Å²) < 4.78 is 12.8. The topological polar surface area (TPSA) is 95.3 Å². The van der Waals surface area contributed by atoms with E-state index >= 15 is 0 Å². The Morgan fingerprint density at radius 1 is 1.03 bits per heavy atom. The molecule has 0 spiro atoms. The molecule has 3 aromatic rings. The van der Waals surface area contributed by atoms with Gasteiger partial charge in [-0.25, -0.2) is 9.97 Å². The molecule has 0 saturated carbocycles. The number of nitrogens with zero attached hydrogens (tertiary/aromatic N) is 3. The van der Waals surface area contributed by atoms with Crippen LogP contribution in [-0.2, 0) is 11.3 Å². The summed E-state index contributed by atoms with van der Waals surface area (Å²) in [4.78, 5) is 33.2. The summed E-state index contributed by atoms with van der Waals surface area (Å²) in [6.45, 7) is 3.22. The summed E-state index contributed by atoms with van der Waals surface area (Å²) in [5.74, 6) is 2.49. The first-order valence-corrected chi connectivity index (χ1v) is 9.75. The predicted molar refractivity (Wildman–Crippen MR) is 109 cm³/mol. The van der Waals surface area contributed by atoms with Gasteiger partial charge in [0.2, 0.25) is 5.91 Å². The minimum atomic E-state index is -0.182. The lowest BCUT2D eigenvalue weighted by molar-refractivity contribution is -0.121. The molecule has 0 unspecified atom stereocenters. The second kappa shape index (κ2) is 8.77. The van der Waals surface area contributed by atoms with Gasteiger partial charge in [0.15, 0.2) is 17.3 Å². The van der Waals surface area contributed by atoms with Gasteiger partial charge in [0.25, 0.3) is 0 Å². The van der Waals surface area contributed by atoms with Crippen LogP contribution in [0.15, 0.2) is 48.9 Å². The van der Waals surface area contributed by atoms with Gasteiger partial charge in [0.05, 0.1) is 0 Å². The number of pyridine rings is 1. The van der Waals surface area contributed by atoms with Gasteiger partial charge in [-0.2, -0.15) is 0 Å². The van der Waals surface area contributed by atoms with Crippen molar-refractivity contribution in [2.24, 2.45) is 0 Å². The normalized spacial score (nSPS) is 12.4. The van der Waals surface area contributed by atoms with Crippen molar-refractivity contribution in [1.29, 1.82) is 0 Å². The second-order valence-electron chi connectivity index (χ2n) is 6.93. The highest BCUT2D eigenvalue weighted by Gasteiger charge is 2.16. The fourth-order valence-electron chi connectivity index (χ4n) is 3.20. The van der Waals surface area contributed by atoms with E-state index in [2.05, 4.69) is 15.3 Å². The lowest BCUT2D eigenvalue weighted by atomic mass is 10.1. The lowest BCUT2D eigenvalue weighted by Gasteiger charge is -2.18. The minimum absolute atomic E-state index is 0.107. The van der Waals surface area contributed by atoms with Gasteiger partial charge in [-0.1, -0.05) is 0 Å². The van der Waals surface area contributed by atoms with Crippen LogP contribution in [0.5, 0.6) is 11.5 Å². The van der Waals surface area contributed by atoms with E-state index in [4.69, 9.17) is 9.47 Å². The van der Waals surface area contributed by atoms with Crippen LogP contribution < -0.4 is 14.8 Å².